The number of amides is 1. The van der Waals surface area contributed by atoms with Gasteiger partial charge in [-0.2, -0.15) is 0 Å². The van der Waals surface area contributed by atoms with Crippen LogP contribution in [0.4, 0.5) is 4.79 Å². The van der Waals surface area contributed by atoms with Crippen molar-refractivity contribution < 1.29 is 14.3 Å². The van der Waals surface area contributed by atoms with Gasteiger partial charge in [0.05, 0.1) is 0 Å². The highest BCUT2D eigenvalue weighted by molar-refractivity contribution is 5.96. The Hall–Kier alpha value is -1.52. The van der Waals surface area contributed by atoms with Gasteiger partial charge in [-0.1, -0.05) is 0 Å². The van der Waals surface area contributed by atoms with Crippen molar-refractivity contribution in [3.63, 3.8) is 0 Å². The van der Waals surface area contributed by atoms with Gasteiger partial charge in [-0.25, -0.2) is 4.79 Å². The maximum absolute atomic E-state index is 11.8. The Morgan fingerprint density at radius 3 is 2.58 bits per heavy atom. The molecule has 0 aromatic heterocycles. The summed E-state index contributed by atoms with van der Waals surface area (Å²) in [5.74, 6) is 0.163. The molecule has 0 aliphatic heterocycles. The number of rotatable bonds is 2. The van der Waals surface area contributed by atoms with Gasteiger partial charge in [-0.3, -0.25) is 4.79 Å². The Kier molecular flexibility index (Phi) is 4.97. The van der Waals surface area contributed by atoms with Gasteiger partial charge in [0, 0.05) is 38.3 Å². The molecular weight excluding hydrogens is 244 g/mol. The van der Waals surface area contributed by atoms with Crippen LogP contribution >= 0.6 is 0 Å². The Labute approximate surface area is 115 Å². The second-order valence-electron chi connectivity index (χ2n) is 6.13. The maximum atomic E-state index is 11.8. The smallest absolute Gasteiger partial charge is 0.407 e. The van der Waals surface area contributed by atoms with Crippen molar-refractivity contribution >= 4 is 11.9 Å². The van der Waals surface area contributed by atoms with E-state index in [0.29, 0.717) is 19.3 Å². The van der Waals surface area contributed by atoms with E-state index in [9.17, 15) is 9.59 Å². The highest BCUT2D eigenvalue weighted by Crippen LogP contribution is 2.21. The summed E-state index contributed by atoms with van der Waals surface area (Å²) < 4.78 is 5.22. The van der Waals surface area contributed by atoms with Crippen LogP contribution in [0.15, 0.2) is 11.8 Å². The van der Waals surface area contributed by atoms with Crippen molar-refractivity contribution in [1.82, 2.24) is 10.2 Å². The van der Waals surface area contributed by atoms with Crippen molar-refractivity contribution in [2.75, 3.05) is 14.1 Å². The van der Waals surface area contributed by atoms with Gasteiger partial charge in [0.15, 0.2) is 5.78 Å². The second kappa shape index (κ2) is 6.08. The average Bonchev–Trinajstić information content (AvgIpc) is 2.19. The predicted octanol–water partition coefficient (Wildman–Crippen LogP) is 2.08. The Balaban J connectivity index is 2.57. The van der Waals surface area contributed by atoms with Gasteiger partial charge in [0.1, 0.15) is 5.60 Å². The quantitative estimate of drug-likeness (QED) is 0.779. The van der Waals surface area contributed by atoms with Crippen LogP contribution in [-0.2, 0) is 9.53 Å². The minimum Gasteiger partial charge on any atom is -0.444 e. The molecule has 5 nitrogen and oxygen atoms in total. The highest BCUT2D eigenvalue weighted by Gasteiger charge is 2.26. The zero-order valence-corrected chi connectivity index (χ0v) is 12.4. The van der Waals surface area contributed by atoms with Crippen molar-refractivity contribution in [1.29, 1.82) is 0 Å². The first-order valence-corrected chi connectivity index (χ1v) is 6.57. The lowest BCUT2D eigenvalue weighted by Crippen LogP contribution is -2.41. The summed E-state index contributed by atoms with van der Waals surface area (Å²) in [7, 11) is 3.76. The van der Waals surface area contributed by atoms with E-state index in [2.05, 4.69) is 5.32 Å². The molecule has 1 saturated carbocycles. The number of hydrogen-bond donors (Lipinski definition) is 1. The third-order valence-electron chi connectivity index (χ3n) is 2.68. The first kappa shape index (κ1) is 15.5. The fourth-order valence-corrected chi connectivity index (χ4v) is 1.98. The standard InChI is InChI=1S/C14H24N2O3/c1-14(2,3)19-13(18)15-11-6-7-12(17)10(8-11)9-16(4)5/h9,11H,6-8H2,1-5H3,(H,15,18)/b10-9-. The zero-order chi connectivity index (χ0) is 14.6. The van der Waals surface area contributed by atoms with Gasteiger partial charge in [-0.15, -0.1) is 0 Å². The van der Waals surface area contributed by atoms with E-state index in [-0.39, 0.29) is 11.8 Å². The maximum Gasteiger partial charge on any atom is 0.407 e. The van der Waals surface area contributed by atoms with Crippen LogP contribution in [0.1, 0.15) is 40.0 Å². The molecule has 1 N–H and O–H groups in total. The second-order valence-corrected chi connectivity index (χ2v) is 6.13. The number of Topliss-reactive ketones (excluding diaryl/α,β-unsaturated/α-hetero) is 1. The summed E-state index contributed by atoms with van der Waals surface area (Å²) in [5, 5.41) is 2.83. The Morgan fingerprint density at radius 2 is 2.05 bits per heavy atom. The number of ketones is 1. The first-order chi connectivity index (χ1) is 8.67. The van der Waals surface area contributed by atoms with Crippen LogP contribution in [0.2, 0.25) is 0 Å². The minimum atomic E-state index is -0.503. The molecule has 0 radical (unpaired) electrons. The predicted molar refractivity (Wildman–Crippen MR) is 73.8 cm³/mol. The number of ether oxygens (including phenoxy) is 1. The van der Waals surface area contributed by atoms with Crippen molar-refractivity contribution in [3.8, 4) is 0 Å². The molecule has 5 heteroatoms. The average molecular weight is 268 g/mol. The largest absolute Gasteiger partial charge is 0.444 e. The molecule has 0 aromatic carbocycles. The molecule has 1 rings (SSSR count). The molecule has 1 unspecified atom stereocenters. The molecule has 0 bridgehead atoms. The molecule has 0 spiro atoms. The molecule has 1 fully saturated rings. The zero-order valence-electron chi connectivity index (χ0n) is 12.4. The lowest BCUT2D eigenvalue weighted by molar-refractivity contribution is -0.116. The number of carbonyl (C=O) groups excluding carboxylic acids is 2. The van der Waals surface area contributed by atoms with Gasteiger partial charge >= 0.3 is 6.09 Å². The number of hydrogen-bond acceptors (Lipinski definition) is 4. The van der Waals surface area contributed by atoms with E-state index in [1.165, 1.54) is 0 Å². The molecule has 1 amide bonds. The third-order valence-corrected chi connectivity index (χ3v) is 2.68. The van der Waals surface area contributed by atoms with Crippen LogP contribution in [0, 0.1) is 0 Å². The molecule has 0 saturated heterocycles. The normalized spacial score (nSPS) is 22.3. The molecule has 0 heterocycles. The van der Waals surface area contributed by atoms with E-state index in [0.717, 1.165) is 5.57 Å². The lowest BCUT2D eigenvalue weighted by Gasteiger charge is -2.27. The fourth-order valence-electron chi connectivity index (χ4n) is 1.98. The highest BCUT2D eigenvalue weighted by atomic mass is 16.6. The van der Waals surface area contributed by atoms with E-state index in [1.807, 2.05) is 46.0 Å². The van der Waals surface area contributed by atoms with Crippen LogP contribution in [0.3, 0.4) is 0 Å². The van der Waals surface area contributed by atoms with Crippen molar-refractivity contribution in [2.45, 2.75) is 51.7 Å². The molecule has 0 aromatic rings. The van der Waals surface area contributed by atoms with E-state index in [4.69, 9.17) is 4.74 Å². The van der Waals surface area contributed by atoms with Crippen LogP contribution in [0.25, 0.3) is 0 Å². The van der Waals surface area contributed by atoms with Crippen LogP contribution in [0.5, 0.6) is 0 Å². The van der Waals surface area contributed by atoms with E-state index >= 15 is 0 Å². The lowest BCUT2D eigenvalue weighted by atomic mass is 9.90. The van der Waals surface area contributed by atoms with E-state index in [1.54, 1.807) is 0 Å². The Bertz CT molecular complexity index is 381. The van der Waals surface area contributed by atoms with E-state index < -0.39 is 11.7 Å². The monoisotopic (exact) mass is 268 g/mol. The summed E-state index contributed by atoms with van der Waals surface area (Å²) in [4.78, 5) is 25.3. The third kappa shape index (κ3) is 5.77. The SMILES string of the molecule is CN(C)/C=C1/CC(NC(=O)OC(C)(C)C)CCC1=O. The van der Waals surface area contributed by atoms with Crippen LogP contribution in [-0.4, -0.2) is 42.5 Å². The van der Waals surface area contributed by atoms with Crippen LogP contribution < -0.4 is 5.32 Å². The van der Waals surface area contributed by atoms with Crippen molar-refractivity contribution in [2.24, 2.45) is 0 Å². The van der Waals surface area contributed by atoms with Gasteiger partial charge < -0.3 is 15.0 Å². The Morgan fingerprint density at radius 1 is 1.42 bits per heavy atom. The molecule has 1 atom stereocenters. The number of nitrogens with one attached hydrogen (secondary N) is 1. The number of alkyl carbamates (subject to hydrolysis) is 1. The van der Waals surface area contributed by atoms with Gasteiger partial charge in [0.2, 0.25) is 0 Å². The van der Waals surface area contributed by atoms with Gasteiger partial charge in [0.25, 0.3) is 0 Å². The minimum absolute atomic E-state index is 0.0289. The topological polar surface area (TPSA) is 58.6 Å². The molecule has 1 aliphatic rings. The molecule has 108 valence electrons. The summed E-state index contributed by atoms with van der Waals surface area (Å²) in [6.45, 7) is 5.48. The summed E-state index contributed by atoms with van der Waals surface area (Å²) >= 11 is 0. The summed E-state index contributed by atoms with van der Waals surface area (Å²) in [5.41, 5.74) is 0.258. The summed E-state index contributed by atoms with van der Waals surface area (Å²) in [6, 6.07) is -0.0289. The first-order valence-electron chi connectivity index (χ1n) is 6.57. The fraction of sp³-hybridized carbons (Fsp3) is 0.714. The summed E-state index contributed by atoms with van der Waals surface area (Å²) in [6.07, 6.45) is 3.11. The van der Waals surface area contributed by atoms with Gasteiger partial charge in [-0.05, 0) is 33.6 Å². The number of nitrogens with zero attached hydrogens (tertiary/aromatic N) is 1. The number of carbonyl (C=O) groups is 2. The molecule has 1 aliphatic carbocycles. The van der Waals surface area contributed by atoms with Crippen molar-refractivity contribution in [3.05, 3.63) is 11.8 Å². The molecule has 19 heavy (non-hydrogen) atoms. The molecular formula is C14H24N2O3.